The van der Waals surface area contributed by atoms with Crippen molar-refractivity contribution in [2.45, 2.75) is 5.75 Å². The molecule has 0 aliphatic carbocycles. The van der Waals surface area contributed by atoms with Gasteiger partial charge in [-0.2, -0.15) is 0 Å². The number of benzene rings is 2. The van der Waals surface area contributed by atoms with Crippen LogP contribution in [-0.4, -0.2) is 36.2 Å². The van der Waals surface area contributed by atoms with E-state index in [1.807, 2.05) is 0 Å². The zero-order valence-corrected chi connectivity index (χ0v) is 18.0. The van der Waals surface area contributed by atoms with Gasteiger partial charge in [-0.05, 0) is 29.8 Å². The Morgan fingerprint density at radius 2 is 1.94 bits per heavy atom. The number of para-hydroxylation sites is 1. The average Bonchev–Trinajstić information content (AvgIpc) is 2.71. The van der Waals surface area contributed by atoms with Crippen molar-refractivity contribution < 1.29 is 23.0 Å². The van der Waals surface area contributed by atoms with E-state index in [4.69, 9.17) is 23.8 Å². The van der Waals surface area contributed by atoms with E-state index in [2.05, 4.69) is 15.3 Å². The summed E-state index contributed by atoms with van der Waals surface area (Å²) in [4.78, 5) is 8.21. The fourth-order valence-electron chi connectivity index (χ4n) is 3.20. The summed E-state index contributed by atoms with van der Waals surface area (Å²) in [5.74, 6) is -0.764. The van der Waals surface area contributed by atoms with Crippen LogP contribution in [0.15, 0.2) is 42.6 Å². The van der Waals surface area contributed by atoms with Crippen LogP contribution in [0.3, 0.4) is 0 Å². The van der Waals surface area contributed by atoms with E-state index in [9.17, 15) is 8.78 Å². The molecule has 2 heterocycles. The third-order valence-corrected chi connectivity index (χ3v) is 5.34. The second-order valence-electron chi connectivity index (χ2n) is 7.25. The number of rotatable bonds is 2. The van der Waals surface area contributed by atoms with Crippen LogP contribution in [0.1, 0.15) is 5.56 Å². The number of halogens is 2. The van der Waals surface area contributed by atoms with Crippen LogP contribution in [0.2, 0.25) is 0 Å². The lowest BCUT2D eigenvalue weighted by Crippen LogP contribution is -2.11. The summed E-state index contributed by atoms with van der Waals surface area (Å²) in [5.41, 5.74) is 1.27. The van der Waals surface area contributed by atoms with Gasteiger partial charge in [0.15, 0.2) is 24.2 Å². The Kier molecular flexibility index (Phi) is 6.19. The van der Waals surface area contributed by atoms with Gasteiger partial charge in [-0.3, -0.25) is 9.56 Å². The first-order valence-corrected chi connectivity index (χ1v) is 11.8. The van der Waals surface area contributed by atoms with Crippen molar-refractivity contribution in [1.82, 2.24) is 9.97 Å². The van der Waals surface area contributed by atoms with Crippen LogP contribution < -0.4 is 14.8 Å². The number of fused-ring (bicyclic) bond motifs is 6. The second kappa shape index (κ2) is 9.05. The maximum Gasteiger partial charge on any atom is 0.227 e. The number of nitrogens with one attached hydrogen (secondary N) is 3. The molecule has 3 N–H and O–H groups in total. The lowest BCUT2D eigenvalue weighted by atomic mass is 10.1. The normalized spacial score (nSPS) is 14.1. The van der Waals surface area contributed by atoms with E-state index >= 15 is 0 Å². The Balaban J connectivity index is 1.80. The Labute approximate surface area is 184 Å². The summed E-state index contributed by atoms with van der Waals surface area (Å²) in [5, 5.41) is 3.00. The van der Waals surface area contributed by atoms with E-state index < -0.39 is 21.3 Å². The molecule has 168 valence electrons. The molecule has 32 heavy (non-hydrogen) atoms. The summed E-state index contributed by atoms with van der Waals surface area (Å²) in [7, 11) is -2.30. The van der Waals surface area contributed by atoms with Crippen molar-refractivity contribution in [3.05, 3.63) is 59.8 Å². The van der Waals surface area contributed by atoms with Crippen LogP contribution in [-0.2, 0) is 20.1 Å². The molecule has 0 saturated heterocycles. The Morgan fingerprint density at radius 3 is 2.75 bits per heavy atom. The van der Waals surface area contributed by atoms with Crippen LogP contribution in [0.5, 0.6) is 11.5 Å². The summed E-state index contributed by atoms with van der Waals surface area (Å²) in [6.07, 6.45) is 2.56. The third kappa shape index (κ3) is 5.29. The number of nitrogens with zero attached hydrogens (tertiary/aromatic N) is 2. The van der Waals surface area contributed by atoms with Gasteiger partial charge in [-0.15, -0.1) is 0 Å². The summed E-state index contributed by atoms with van der Waals surface area (Å²) in [6.45, 7) is 0.0967. The molecule has 11 heteroatoms. The minimum absolute atomic E-state index is 0.0812. The quantitative estimate of drug-likeness (QED) is 0.509. The van der Waals surface area contributed by atoms with Gasteiger partial charge in [-0.25, -0.2) is 18.7 Å². The highest BCUT2D eigenvalue weighted by Gasteiger charge is 2.18. The molecular weight excluding hydrogens is 440 g/mol. The van der Waals surface area contributed by atoms with Crippen LogP contribution in [0.25, 0.3) is 11.3 Å². The fourth-order valence-corrected chi connectivity index (χ4v) is 4.03. The van der Waals surface area contributed by atoms with E-state index in [0.29, 0.717) is 11.4 Å². The minimum atomic E-state index is -2.30. The monoisotopic (exact) mass is 461 g/mol. The highest BCUT2D eigenvalue weighted by molar-refractivity contribution is 7.91. The first-order valence-electron chi connectivity index (χ1n) is 9.59. The van der Waals surface area contributed by atoms with Crippen molar-refractivity contribution >= 4 is 21.3 Å². The molecular formula is C21H21F2N5O3S. The van der Waals surface area contributed by atoms with Gasteiger partial charge in [0, 0.05) is 29.3 Å². The van der Waals surface area contributed by atoms with Gasteiger partial charge in [0.25, 0.3) is 0 Å². The van der Waals surface area contributed by atoms with Gasteiger partial charge in [0.2, 0.25) is 5.95 Å². The maximum atomic E-state index is 14.6. The Bertz CT molecular complexity index is 1250. The number of anilines is 2. The van der Waals surface area contributed by atoms with E-state index in [1.54, 1.807) is 24.5 Å². The number of hydrogen-bond donors (Lipinski definition) is 3. The lowest BCUT2D eigenvalue weighted by Gasteiger charge is -2.13. The molecule has 0 fully saturated rings. The van der Waals surface area contributed by atoms with E-state index in [-0.39, 0.29) is 48.7 Å². The number of aromatic nitrogens is 2. The predicted octanol–water partition coefficient (Wildman–Crippen LogP) is 4.72. The molecule has 4 bridgehead atoms. The van der Waals surface area contributed by atoms with Crippen LogP contribution in [0, 0.1) is 21.2 Å². The molecule has 3 aromatic rings. The van der Waals surface area contributed by atoms with Crippen LogP contribution >= 0.6 is 0 Å². The van der Waals surface area contributed by atoms with E-state index in [0.717, 1.165) is 11.8 Å². The Morgan fingerprint density at radius 1 is 1.09 bits per heavy atom. The molecule has 4 rings (SSSR count). The standard InChI is InChI=1S/C21H21F2N5O3S/c1-32(24,25)11-13-7-14-9-15(8-13)30-6-5-29-12-31-20-16(3-2-4-17(20)22)19-18(23)10-26-21(27-14)28-19/h2-4,7-10,24-25H,5-6,11-12H2,1H3,(H,26,27,28). The average molecular weight is 461 g/mol. The Hall–Kier alpha value is -3.31. The molecule has 8 nitrogen and oxygen atoms in total. The number of hydrogen-bond acceptors (Lipinski definition) is 8. The van der Waals surface area contributed by atoms with Gasteiger partial charge < -0.3 is 19.5 Å². The van der Waals surface area contributed by atoms with Crippen molar-refractivity contribution in [2.24, 2.45) is 0 Å². The topological polar surface area (TPSA) is 113 Å². The summed E-state index contributed by atoms with van der Waals surface area (Å²) in [6, 6.07) is 9.37. The summed E-state index contributed by atoms with van der Waals surface area (Å²) >= 11 is 0. The zero-order valence-electron chi connectivity index (χ0n) is 17.2. The van der Waals surface area contributed by atoms with Crippen molar-refractivity contribution in [1.29, 1.82) is 9.56 Å². The highest BCUT2D eigenvalue weighted by atomic mass is 32.2. The minimum Gasteiger partial charge on any atom is -0.491 e. The van der Waals surface area contributed by atoms with Gasteiger partial charge in [0.1, 0.15) is 18.1 Å². The molecule has 0 saturated carbocycles. The molecule has 1 aromatic heterocycles. The first-order chi connectivity index (χ1) is 15.3. The van der Waals surface area contributed by atoms with E-state index in [1.165, 1.54) is 18.2 Å². The van der Waals surface area contributed by atoms with Crippen LogP contribution in [0.4, 0.5) is 20.4 Å². The third-order valence-electron chi connectivity index (χ3n) is 4.43. The van der Waals surface area contributed by atoms with Gasteiger partial charge >= 0.3 is 0 Å². The number of ether oxygens (including phenoxy) is 3. The largest absolute Gasteiger partial charge is 0.491 e. The maximum absolute atomic E-state index is 14.6. The molecule has 0 amide bonds. The molecule has 0 spiro atoms. The second-order valence-corrected chi connectivity index (χ2v) is 9.71. The predicted molar refractivity (Wildman–Crippen MR) is 116 cm³/mol. The highest BCUT2D eigenvalue weighted by Crippen LogP contribution is 2.34. The molecule has 0 atom stereocenters. The molecule has 1 aliphatic heterocycles. The van der Waals surface area contributed by atoms with Gasteiger partial charge in [-0.1, -0.05) is 15.7 Å². The van der Waals surface area contributed by atoms with Crippen molar-refractivity contribution in [3.63, 3.8) is 0 Å². The first kappa shape index (κ1) is 21.9. The van der Waals surface area contributed by atoms with Crippen molar-refractivity contribution in [3.8, 4) is 22.8 Å². The fraction of sp³-hybridized carbons (Fsp3) is 0.238. The molecule has 2 aromatic carbocycles. The zero-order chi connectivity index (χ0) is 22.7. The van der Waals surface area contributed by atoms with Gasteiger partial charge in [0.05, 0.1) is 12.8 Å². The molecule has 0 radical (unpaired) electrons. The SMILES string of the molecule is CS(=N)(=N)Cc1cc2cc(c1)OCCOCOc1c(F)cccc1-c1nc(ncc1F)N2. The summed E-state index contributed by atoms with van der Waals surface area (Å²) < 4.78 is 61.5. The molecule has 1 aliphatic rings. The van der Waals surface area contributed by atoms with Crippen molar-refractivity contribution in [2.75, 3.05) is 31.6 Å². The molecule has 0 unspecified atom stereocenters. The smallest absolute Gasteiger partial charge is 0.227 e. The lowest BCUT2D eigenvalue weighted by molar-refractivity contribution is 0.000920.